The molecule has 2 aliphatic rings. The molecule has 2 rings (SSSR count). The topological polar surface area (TPSA) is 62.9 Å². The van der Waals surface area contributed by atoms with Gasteiger partial charge in [0, 0.05) is 37.1 Å². The van der Waals surface area contributed by atoms with Gasteiger partial charge in [-0.15, -0.1) is 0 Å². The van der Waals surface area contributed by atoms with E-state index in [1.54, 1.807) is 30.3 Å². The third kappa shape index (κ3) is 7.86. The molecule has 182 valence electrons. The van der Waals surface area contributed by atoms with Gasteiger partial charge < -0.3 is 9.80 Å². The van der Waals surface area contributed by atoms with Crippen molar-refractivity contribution in [2.45, 2.75) is 46.1 Å². The molecule has 0 aromatic rings. The minimum Gasteiger partial charge on any atom is -0.337 e. The number of nitriles is 1. The summed E-state index contributed by atoms with van der Waals surface area (Å²) in [6.07, 6.45) is 17.6. The van der Waals surface area contributed by atoms with Gasteiger partial charge in [-0.1, -0.05) is 47.6 Å². The number of halogens is 1. The van der Waals surface area contributed by atoms with Crippen LogP contribution in [-0.2, 0) is 4.79 Å². The van der Waals surface area contributed by atoms with Crippen LogP contribution in [0.5, 0.6) is 0 Å². The van der Waals surface area contributed by atoms with Gasteiger partial charge >= 0.3 is 0 Å². The van der Waals surface area contributed by atoms with E-state index >= 15 is 0 Å². The Morgan fingerprint density at radius 3 is 2.74 bits per heavy atom. The molecule has 0 N–H and O–H groups in total. The molecule has 0 radical (unpaired) electrons. The van der Waals surface area contributed by atoms with Crippen LogP contribution in [-0.4, -0.2) is 66.7 Å². The van der Waals surface area contributed by atoms with E-state index in [1.807, 2.05) is 24.1 Å². The maximum Gasteiger partial charge on any atom is 0.250 e. The Balaban J connectivity index is 2.18. The first-order chi connectivity index (χ1) is 16.3. The van der Waals surface area contributed by atoms with Crippen LogP contribution in [0.1, 0.15) is 40.0 Å². The quantitative estimate of drug-likeness (QED) is 0.197. The zero-order chi connectivity index (χ0) is 25.1. The highest BCUT2D eigenvalue weighted by molar-refractivity contribution is 6.32. The Bertz CT molecular complexity index is 991. The van der Waals surface area contributed by atoms with Crippen LogP contribution in [0.4, 0.5) is 0 Å². The molecule has 0 aromatic heterocycles. The van der Waals surface area contributed by atoms with Crippen molar-refractivity contribution in [2.75, 3.05) is 33.7 Å². The molecule has 1 aliphatic carbocycles. The van der Waals surface area contributed by atoms with Gasteiger partial charge in [-0.3, -0.25) is 9.80 Å². The number of hydrogen-bond donors (Lipinski definition) is 0. The van der Waals surface area contributed by atoms with Gasteiger partial charge in [0.2, 0.25) is 5.91 Å². The van der Waals surface area contributed by atoms with E-state index < -0.39 is 0 Å². The Kier molecular flexibility index (Phi) is 11.1. The highest BCUT2D eigenvalue weighted by Gasteiger charge is 2.29. The van der Waals surface area contributed by atoms with E-state index in [1.165, 1.54) is 0 Å². The average Bonchev–Trinajstić information content (AvgIpc) is 3.24. The van der Waals surface area contributed by atoms with Gasteiger partial charge in [0.15, 0.2) is 0 Å². The summed E-state index contributed by atoms with van der Waals surface area (Å²) >= 11 is 6.22. The summed E-state index contributed by atoms with van der Waals surface area (Å²) in [6, 6.07) is 2.49. The lowest BCUT2D eigenvalue weighted by molar-refractivity contribution is -0.126. The van der Waals surface area contributed by atoms with Crippen molar-refractivity contribution in [1.29, 1.82) is 5.26 Å². The molecule has 1 atom stereocenters. The van der Waals surface area contributed by atoms with Gasteiger partial charge in [-0.05, 0) is 65.8 Å². The summed E-state index contributed by atoms with van der Waals surface area (Å²) in [5, 5.41) is 15.6. The summed E-state index contributed by atoms with van der Waals surface area (Å²) < 4.78 is 0. The van der Waals surface area contributed by atoms with E-state index in [0.717, 1.165) is 36.2 Å². The van der Waals surface area contributed by atoms with Crippen LogP contribution in [0.25, 0.3) is 0 Å². The van der Waals surface area contributed by atoms with Crippen molar-refractivity contribution >= 4 is 23.7 Å². The first-order valence-electron chi connectivity index (χ1n) is 11.7. The number of hydrazone groups is 1. The Labute approximate surface area is 209 Å². The van der Waals surface area contributed by atoms with Crippen LogP contribution >= 0.6 is 11.6 Å². The van der Waals surface area contributed by atoms with E-state index in [0.29, 0.717) is 36.0 Å². The maximum absolute atomic E-state index is 13.4. The second-order valence-electron chi connectivity index (χ2n) is 8.60. The fraction of sp³-hybridized carbons (Fsp3) is 0.444. The highest BCUT2D eigenvalue weighted by atomic mass is 35.5. The van der Waals surface area contributed by atoms with Crippen LogP contribution in [0.15, 0.2) is 75.1 Å². The molecule has 1 unspecified atom stereocenters. The van der Waals surface area contributed by atoms with Crippen LogP contribution in [0, 0.1) is 11.3 Å². The summed E-state index contributed by atoms with van der Waals surface area (Å²) in [5.74, 6) is 0.136. The van der Waals surface area contributed by atoms with Gasteiger partial charge in [-0.2, -0.15) is 10.4 Å². The summed E-state index contributed by atoms with van der Waals surface area (Å²) in [6.45, 7) is 7.68. The molecule has 0 aromatic carbocycles. The largest absolute Gasteiger partial charge is 0.337 e. The Morgan fingerprint density at radius 2 is 2.12 bits per heavy atom. The zero-order valence-corrected chi connectivity index (χ0v) is 21.7. The third-order valence-electron chi connectivity index (χ3n) is 6.01. The number of amides is 1. The first kappa shape index (κ1) is 27.4. The lowest BCUT2D eigenvalue weighted by Crippen LogP contribution is -2.35. The Hall–Kier alpha value is -2.88. The SMILES string of the molecule is C/C=N\N(/C=C/CC1=C(C(=O)N2CCC(N(C)C)C2)CC=C(C)C=C1)C/C=C(Cl)\C(C#N)=C/C. The third-order valence-corrected chi connectivity index (χ3v) is 6.36. The predicted octanol–water partition coefficient (Wildman–Crippen LogP) is 5.16. The van der Waals surface area contributed by atoms with Crippen molar-refractivity contribution in [3.05, 3.63) is 70.0 Å². The van der Waals surface area contributed by atoms with Crippen LogP contribution in [0.3, 0.4) is 0 Å². The first-order valence-corrected chi connectivity index (χ1v) is 12.0. The van der Waals surface area contributed by atoms with Crippen molar-refractivity contribution < 1.29 is 4.79 Å². The zero-order valence-electron chi connectivity index (χ0n) is 21.0. The molecule has 1 amide bonds. The van der Waals surface area contributed by atoms with E-state index in [-0.39, 0.29) is 5.91 Å². The summed E-state index contributed by atoms with van der Waals surface area (Å²) in [7, 11) is 4.14. The Morgan fingerprint density at radius 1 is 1.35 bits per heavy atom. The molecule has 1 fully saturated rings. The average molecular weight is 482 g/mol. The molecule has 0 spiro atoms. The lowest BCUT2D eigenvalue weighted by Gasteiger charge is -2.22. The molecule has 1 heterocycles. The maximum atomic E-state index is 13.4. The van der Waals surface area contributed by atoms with Crippen molar-refractivity contribution in [1.82, 2.24) is 14.8 Å². The van der Waals surface area contributed by atoms with E-state index in [9.17, 15) is 4.79 Å². The van der Waals surface area contributed by atoms with Gasteiger partial charge in [0.05, 0.1) is 17.2 Å². The minimum atomic E-state index is 0.136. The fourth-order valence-electron chi connectivity index (χ4n) is 3.88. The lowest BCUT2D eigenvalue weighted by atomic mass is 10.0. The van der Waals surface area contributed by atoms with E-state index in [4.69, 9.17) is 16.9 Å². The van der Waals surface area contributed by atoms with E-state index in [2.05, 4.69) is 55.3 Å². The molecule has 7 heteroatoms. The molecule has 34 heavy (non-hydrogen) atoms. The number of likely N-dealkylation sites (tertiary alicyclic amines) is 1. The predicted molar refractivity (Wildman–Crippen MR) is 141 cm³/mol. The summed E-state index contributed by atoms with van der Waals surface area (Å²) in [4.78, 5) is 17.6. The molecule has 0 saturated carbocycles. The molecule has 1 saturated heterocycles. The molecule has 6 nitrogen and oxygen atoms in total. The number of allylic oxidation sites excluding steroid dienone is 9. The fourth-order valence-corrected chi connectivity index (χ4v) is 4.11. The molecule has 0 bridgehead atoms. The molecular formula is C27H36ClN5O. The number of rotatable bonds is 9. The van der Waals surface area contributed by atoms with Crippen molar-refractivity contribution in [3.8, 4) is 6.07 Å². The number of carbonyl (C=O) groups excluding carboxylic acids is 1. The highest BCUT2D eigenvalue weighted by Crippen LogP contribution is 2.25. The van der Waals surface area contributed by atoms with Gasteiger partial charge in [-0.25, -0.2) is 0 Å². The van der Waals surface area contributed by atoms with Crippen LogP contribution in [0.2, 0.25) is 0 Å². The standard InChI is InChI=1S/C27H36ClN5O/c1-6-22(19-29)26(28)15-18-33(30-7-2)16-8-9-23-12-10-21(3)11-13-25(23)27(34)32-17-14-24(20-32)31(4)5/h6-8,10-12,15-16,24H,9,13-14,17-18,20H2,1-5H3/b16-8+,22-6-,26-15+,30-7-. The summed E-state index contributed by atoms with van der Waals surface area (Å²) in [5.41, 5.74) is 3.48. The van der Waals surface area contributed by atoms with Gasteiger partial charge in [0.1, 0.15) is 6.07 Å². The smallest absolute Gasteiger partial charge is 0.250 e. The molecule has 1 aliphatic heterocycles. The normalized spacial score (nSPS) is 19.9. The van der Waals surface area contributed by atoms with Crippen molar-refractivity contribution in [3.63, 3.8) is 0 Å². The number of nitrogens with zero attached hydrogens (tertiary/aromatic N) is 5. The van der Waals surface area contributed by atoms with Crippen LogP contribution < -0.4 is 0 Å². The van der Waals surface area contributed by atoms with Gasteiger partial charge in [0.25, 0.3) is 0 Å². The number of hydrogen-bond acceptors (Lipinski definition) is 5. The minimum absolute atomic E-state index is 0.136. The van der Waals surface area contributed by atoms with Crippen molar-refractivity contribution in [2.24, 2.45) is 5.10 Å². The monoisotopic (exact) mass is 481 g/mol. The second kappa shape index (κ2) is 13.7. The number of likely N-dealkylation sites (N-methyl/N-ethyl adjacent to an activating group) is 1. The molecular weight excluding hydrogens is 446 g/mol. The second-order valence-corrected chi connectivity index (χ2v) is 9.00. The number of carbonyl (C=O) groups is 1.